The molecule has 0 bridgehead atoms. The van der Waals surface area contributed by atoms with Gasteiger partial charge in [-0.1, -0.05) is 11.6 Å². The van der Waals surface area contributed by atoms with Crippen molar-refractivity contribution in [1.82, 2.24) is 9.55 Å². The second kappa shape index (κ2) is 3.83. The maximum absolute atomic E-state index is 13.9. The van der Waals surface area contributed by atoms with E-state index in [0.29, 0.717) is 23.1 Å². The van der Waals surface area contributed by atoms with Crippen molar-refractivity contribution in [3.05, 3.63) is 35.4 Å². The number of hydrogen-bond donors (Lipinski definition) is 1. The highest BCUT2D eigenvalue weighted by molar-refractivity contribution is 5.72. The molecule has 0 spiro atoms. The molecule has 0 unspecified atom stereocenters. The number of aryl methyl sites for hydroxylation is 2. The minimum absolute atomic E-state index is 0.271. The van der Waals surface area contributed by atoms with Gasteiger partial charge in [0.25, 0.3) is 0 Å². The van der Waals surface area contributed by atoms with Crippen LogP contribution in [0.1, 0.15) is 30.3 Å². The number of nitrogens with two attached hydrogens (primary N) is 1. The smallest absolute Gasteiger partial charge is 0.132 e. The van der Waals surface area contributed by atoms with Crippen LogP contribution in [-0.4, -0.2) is 9.55 Å². The van der Waals surface area contributed by atoms with Crippen LogP contribution in [-0.2, 0) is 0 Å². The third-order valence-electron chi connectivity index (χ3n) is 3.41. The Bertz CT molecular complexity index is 612. The van der Waals surface area contributed by atoms with Gasteiger partial charge in [0.15, 0.2) is 0 Å². The van der Waals surface area contributed by atoms with Crippen molar-refractivity contribution in [2.24, 2.45) is 0 Å². The highest BCUT2D eigenvalue weighted by Crippen LogP contribution is 2.41. The monoisotopic (exact) mass is 245 g/mol. The number of rotatable bonds is 2. The molecule has 3 nitrogen and oxygen atoms in total. The highest BCUT2D eigenvalue weighted by atomic mass is 19.1. The molecule has 0 radical (unpaired) electrons. The molecule has 2 N–H and O–H groups in total. The minimum atomic E-state index is -0.271. The Morgan fingerprint density at radius 3 is 2.72 bits per heavy atom. The van der Waals surface area contributed by atoms with Crippen molar-refractivity contribution in [2.75, 3.05) is 5.73 Å². The average molecular weight is 245 g/mol. The third-order valence-corrected chi connectivity index (χ3v) is 3.41. The van der Waals surface area contributed by atoms with Crippen molar-refractivity contribution in [1.29, 1.82) is 0 Å². The molecule has 0 atom stereocenters. The lowest BCUT2D eigenvalue weighted by molar-refractivity contribution is 0.630. The van der Waals surface area contributed by atoms with Gasteiger partial charge in [0.1, 0.15) is 23.2 Å². The largest absolute Gasteiger partial charge is 0.383 e. The number of imidazole rings is 1. The number of anilines is 1. The van der Waals surface area contributed by atoms with Crippen LogP contribution in [0.3, 0.4) is 0 Å². The van der Waals surface area contributed by atoms with E-state index in [1.807, 2.05) is 18.4 Å². The quantitative estimate of drug-likeness (QED) is 0.882. The zero-order valence-electron chi connectivity index (χ0n) is 10.6. The van der Waals surface area contributed by atoms with Gasteiger partial charge in [-0.2, -0.15) is 0 Å². The van der Waals surface area contributed by atoms with E-state index in [4.69, 9.17) is 5.73 Å². The van der Waals surface area contributed by atoms with Crippen molar-refractivity contribution in [3.63, 3.8) is 0 Å². The van der Waals surface area contributed by atoms with Gasteiger partial charge in [0.2, 0.25) is 0 Å². The Hall–Kier alpha value is -1.84. The molecule has 1 aliphatic rings. The maximum Gasteiger partial charge on any atom is 0.132 e. The topological polar surface area (TPSA) is 43.8 Å². The minimum Gasteiger partial charge on any atom is -0.383 e. The van der Waals surface area contributed by atoms with Crippen LogP contribution in [0.2, 0.25) is 0 Å². The first-order chi connectivity index (χ1) is 8.58. The molecular formula is C14H16FN3. The van der Waals surface area contributed by atoms with E-state index in [0.717, 1.165) is 24.2 Å². The molecule has 2 aromatic rings. The van der Waals surface area contributed by atoms with Crippen molar-refractivity contribution in [2.45, 2.75) is 32.7 Å². The first kappa shape index (κ1) is 11.3. The summed E-state index contributed by atoms with van der Waals surface area (Å²) in [5, 5.41) is 0. The summed E-state index contributed by atoms with van der Waals surface area (Å²) >= 11 is 0. The zero-order valence-corrected chi connectivity index (χ0v) is 10.6. The molecule has 3 rings (SSSR count). The molecule has 18 heavy (non-hydrogen) atoms. The lowest BCUT2D eigenvalue weighted by atomic mass is 10.1. The fourth-order valence-corrected chi connectivity index (χ4v) is 2.37. The Balaban J connectivity index is 2.17. The van der Waals surface area contributed by atoms with Crippen molar-refractivity contribution in [3.8, 4) is 11.3 Å². The van der Waals surface area contributed by atoms with Gasteiger partial charge in [-0.3, -0.25) is 0 Å². The number of nitrogen functional groups attached to an aromatic ring is 1. The molecule has 1 heterocycles. The van der Waals surface area contributed by atoms with Gasteiger partial charge in [-0.25, -0.2) is 9.37 Å². The fourth-order valence-electron chi connectivity index (χ4n) is 2.37. The maximum atomic E-state index is 13.9. The van der Waals surface area contributed by atoms with E-state index >= 15 is 0 Å². The van der Waals surface area contributed by atoms with E-state index in [1.54, 1.807) is 12.1 Å². The number of halogens is 1. The van der Waals surface area contributed by atoms with E-state index in [2.05, 4.69) is 4.98 Å². The van der Waals surface area contributed by atoms with Crippen molar-refractivity contribution < 1.29 is 4.39 Å². The van der Waals surface area contributed by atoms with E-state index < -0.39 is 0 Å². The van der Waals surface area contributed by atoms with E-state index in [-0.39, 0.29) is 5.82 Å². The Morgan fingerprint density at radius 1 is 1.33 bits per heavy atom. The molecule has 4 heteroatoms. The summed E-state index contributed by atoms with van der Waals surface area (Å²) in [4.78, 5) is 4.44. The Morgan fingerprint density at radius 2 is 2.06 bits per heavy atom. The lowest BCUT2D eigenvalue weighted by Crippen LogP contribution is -2.02. The van der Waals surface area contributed by atoms with E-state index in [1.165, 1.54) is 6.07 Å². The molecular weight excluding hydrogens is 229 g/mol. The summed E-state index contributed by atoms with van der Waals surface area (Å²) in [5.41, 5.74) is 8.20. The van der Waals surface area contributed by atoms with Gasteiger partial charge in [0, 0.05) is 11.6 Å². The van der Waals surface area contributed by atoms with Gasteiger partial charge < -0.3 is 10.3 Å². The summed E-state index contributed by atoms with van der Waals surface area (Å²) in [6.07, 6.45) is 2.27. The summed E-state index contributed by atoms with van der Waals surface area (Å²) < 4.78 is 15.9. The van der Waals surface area contributed by atoms with Gasteiger partial charge in [-0.15, -0.1) is 0 Å². The second-order valence-electron chi connectivity index (χ2n) is 4.98. The fraction of sp³-hybridized carbons (Fsp3) is 0.357. The van der Waals surface area contributed by atoms with Gasteiger partial charge >= 0.3 is 0 Å². The third kappa shape index (κ3) is 1.68. The molecule has 0 saturated heterocycles. The summed E-state index contributed by atoms with van der Waals surface area (Å²) in [7, 11) is 0. The molecule has 1 aliphatic carbocycles. The molecule has 94 valence electrons. The van der Waals surface area contributed by atoms with Crippen LogP contribution >= 0.6 is 0 Å². The lowest BCUT2D eigenvalue weighted by Gasteiger charge is -2.06. The highest BCUT2D eigenvalue weighted by Gasteiger charge is 2.29. The SMILES string of the molecule is Cc1ccc(F)c(-c2nc(C)n(C3CC3)c2N)c1. The van der Waals surface area contributed by atoms with Crippen molar-refractivity contribution >= 4 is 5.82 Å². The van der Waals surface area contributed by atoms with Crippen LogP contribution in [0.5, 0.6) is 0 Å². The van der Waals surface area contributed by atoms with E-state index in [9.17, 15) is 4.39 Å². The van der Waals surface area contributed by atoms with Crippen LogP contribution in [0.25, 0.3) is 11.3 Å². The number of nitrogens with zero attached hydrogens (tertiary/aromatic N) is 2. The first-order valence-electron chi connectivity index (χ1n) is 6.18. The standard InChI is InChI=1S/C14H16FN3/c1-8-3-6-12(15)11(7-8)13-14(16)18(9(2)17-13)10-4-5-10/h3,6-7,10H,4-5,16H2,1-2H3. The molecule has 0 amide bonds. The first-order valence-corrected chi connectivity index (χ1v) is 6.18. The van der Waals surface area contributed by atoms with Crippen LogP contribution in [0, 0.1) is 19.7 Å². The Kier molecular flexibility index (Phi) is 2.40. The number of aromatic nitrogens is 2. The summed E-state index contributed by atoms with van der Waals surface area (Å²) in [6.45, 7) is 3.86. The zero-order chi connectivity index (χ0) is 12.9. The predicted octanol–water partition coefficient (Wildman–Crippen LogP) is 3.22. The molecule has 0 aliphatic heterocycles. The Labute approximate surface area is 105 Å². The molecule has 1 fully saturated rings. The summed E-state index contributed by atoms with van der Waals surface area (Å²) in [6, 6.07) is 5.47. The molecule has 1 aromatic carbocycles. The second-order valence-corrected chi connectivity index (χ2v) is 4.98. The van der Waals surface area contributed by atoms with Crippen LogP contribution in [0.4, 0.5) is 10.2 Å². The average Bonchev–Trinajstić information content (AvgIpc) is 3.10. The predicted molar refractivity (Wildman–Crippen MR) is 69.8 cm³/mol. The van der Waals surface area contributed by atoms with Crippen LogP contribution in [0.15, 0.2) is 18.2 Å². The normalized spacial score (nSPS) is 15.1. The van der Waals surface area contributed by atoms with Gasteiger partial charge in [0.05, 0.1) is 0 Å². The number of benzene rings is 1. The van der Waals surface area contributed by atoms with Crippen LogP contribution < -0.4 is 5.73 Å². The molecule has 1 aromatic heterocycles. The summed E-state index contributed by atoms with van der Waals surface area (Å²) in [5.74, 6) is 1.18. The molecule has 1 saturated carbocycles. The van der Waals surface area contributed by atoms with Gasteiger partial charge in [-0.05, 0) is 38.8 Å². The number of hydrogen-bond acceptors (Lipinski definition) is 2.